The van der Waals surface area contributed by atoms with Gasteiger partial charge in [0.15, 0.2) is 0 Å². The molecule has 2 rings (SSSR count). The maximum Gasteiger partial charge on any atom is 0.226 e. The average Bonchev–Trinajstić information content (AvgIpc) is 2.98. The Kier molecular flexibility index (Phi) is 5.81. The fraction of sp³-hybridized carbons (Fsp3) is 0.333. The van der Waals surface area contributed by atoms with Crippen LogP contribution in [0.4, 0.5) is 0 Å². The van der Waals surface area contributed by atoms with Crippen molar-refractivity contribution in [3.8, 4) is 0 Å². The number of nitrogens with one attached hydrogen (secondary N) is 1. The van der Waals surface area contributed by atoms with Gasteiger partial charge >= 0.3 is 0 Å². The van der Waals surface area contributed by atoms with Crippen LogP contribution in [0.3, 0.4) is 0 Å². The molecule has 0 aliphatic rings. The highest BCUT2D eigenvalue weighted by molar-refractivity contribution is 9.11. The molecule has 0 saturated carbocycles. The number of alkyl halides is 1. The molecule has 0 saturated heterocycles. The molecule has 1 N–H and O–H groups in total. The molecule has 19 heavy (non-hydrogen) atoms. The maximum absolute atomic E-state index is 11.7. The van der Waals surface area contributed by atoms with Gasteiger partial charge in [-0.3, -0.25) is 4.79 Å². The third-order valence-electron chi connectivity index (χ3n) is 2.37. The van der Waals surface area contributed by atoms with Gasteiger partial charge in [0.05, 0.1) is 21.8 Å². The smallest absolute Gasteiger partial charge is 0.226 e. The van der Waals surface area contributed by atoms with Crippen molar-refractivity contribution >= 4 is 56.1 Å². The van der Waals surface area contributed by atoms with Crippen molar-refractivity contribution in [2.45, 2.75) is 18.7 Å². The molecule has 3 nitrogen and oxygen atoms in total. The van der Waals surface area contributed by atoms with Crippen LogP contribution in [0.2, 0.25) is 0 Å². The minimum absolute atomic E-state index is 0.00564. The first-order valence-electron chi connectivity index (χ1n) is 5.67. The van der Waals surface area contributed by atoms with E-state index < -0.39 is 0 Å². The molecule has 102 valence electrons. The standard InChI is InChI=1S/C12H12BrClN2OS2/c13-10-2-1-9(19-10)3-4-15-11(17)5-12-16-8(6-14)7-18-12/h1-2,7H,3-6H2,(H,15,17). The topological polar surface area (TPSA) is 42.0 Å². The molecule has 0 spiro atoms. The van der Waals surface area contributed by atoms with E-state index in [-0.39, 0.29) is 5.91 Å². The van der Waals surface area contributed by atoms with Gasteiger partial charge in [0.25, 0.3) is 0 Å². The van der Waals surface area contributed by atoms with Gasteiger partial charge in [-0.15, -0.1) is 34.3 Å². The Morgan fingerprint density at radius 3 is 2.95 bits per heavy atom. The lowest BCUT2D eigenvalue weighted by Gasteiger charge is -2.02. The number of nitrogens with zero attached hydrogens (tertiary/aromatic N) is 1. The molecule has 0 fully saturated rings. The molecule has 7 heteroatoms. The van der Waals surface area contributed by atoms with E-state index in [1.807, 2.05) is 11.4 Å². The number of amides is 1. The number of rotatable bonds is 6. The normalized spacial score (nSPS) is 10.6. The lowest BCUT2D eigenvalue weighted by molar-refractivity contribution is -0.120. The summed E-state index contributed by atoms with van der Waals surface area (Å²) < 4.78 is 1.12. The highest BCUT2D eigenvalue weighted by Crippen LogP contribution is 2.22. The third-order valence-corrected chi connectivity index (χ3v) is 5.23. The summed E-state index contributed by atoms with van der Waals surface area (Å²) in [4.78, 5) is 17.2. The number of thiophene rings is 1. The summed E-state index contributed by atoms with van der Waals surface area (Å²) in [6.07, 6.45) is 1.18. The van der Waals surface area contributed by atoms with Crippen LogP contribution in [0.25, 0.3) is 0 Å². The number of thiazole rings is 1. The lowest BCUT2D eigenvalue weighted by atomic mass is 10.3. The van der Waals surface area contributed by atoms with Gasteiger partial charge in [-0.25, -0.2) is 4.98 Å². The van der Waals surface area contributed by atoms with Crippen LogP contribution in [-0.2, 0) is 23.5 Å². The molecule has 2 aromatic rings. The fourth-order valence-corrected chi connectivity index (χ4v) is 4.01. The maximum atomic E-state index is 11.7. The van der Waals surface area contributed by atoms with Crippen LogP contribution in [0, 0.1) is 0 Å². The van der Waals surface area contributed by atoms with Crippen molar-refractivity contribution in [1.29, 1.82) is 0 Å². The highest BCUT2D eigenvalue weighted by atomic mass is 79.9. The van der Waals surface area contributed by atoms with Crippen molar-refractivity contribution in [3.63, 3.8) is 0 Å². The monoisotopic (exact) mass is 378 g/mol. The number of halogens is 2. The molecular weight excluding hydrogens is 368 g/mol. The molecule has 1 amide bonds. The lowest BCUT2D eigenvalue weighted by Crippen LogP contribution is -2.27. The summed E-state index contributed by atoms with van der Waals surface area (Å²) in [5.74, 6) is 0.400. The van der Waals surface area contributed by atoms with Crippen molar-refractivity contribution in [2.75, 3.05) is 6.54 Å². The molecule has 0 unspecified atom stereocenters. The summed E-state index contributed by atoms with van der Waals surface area (Å²) >= 11 is 12.3. The van der Waals surface area contributed by atoms with Gasteiger partial charge < -0.3 is 5.32 Å². The van der Waals surface area contributed by atoms with E-state index in [1.165, 1.54) is 16.2 Å². The van der Waals surface area contributed by atoms with Gasteiger partial charge in [-0.05, 0) is 34.5 Å². The zero-order valence-electron chi connectivity index (χ0n) is 9.99. The highest BCUT2D eigenvalue weighted by Gasteiger charge is 2.07. The van der Waals surface area contributed by atoms with Gasteiger partial charge in [0, 0.05) is 16.8 Å². The fourth-order valence-electron chi connectivity index (χ4n) is 1.50. The molecule has 0 bridgehead atoms. The van der Waals surface area contributed by atoms with Crippen LogP contribution in [0.15, 0.2) is 21.3 Å². The zero-order valence-corrected chi connectivity index (χ0v) is 14.0. The van der Waals surface area contributed by atoms with Crippen LogP contribution in [0.1, 0.15) is 15.6 Å². The Bertz CT molecular complexity index is 555. The van der Waals surface area contributed by atoms with E-state index >= 15 is 0 Å². The molecule has 2 aromatic heterocycles. The average molecular weight is 380 g/mol. The van der Waals surface area contributed by atoms with Gasteiger partial charge in [0.2, 0.25) is 5.91 Å². The summed E-state index contributed by atoms with van der Waals surface area (Å²) in [6, 6.07) is 4.08. The Morgan fingerprint density at radius 2 is 2.32 bits per heavy atom. The minimum atomic E-state index is 0.00564. The molecule has 0 atom stereocenters. The Labute approximate surface area is 133 Å². The summed E-state index contributed by atoms with van der Waals surface area (Å²) in [6.45, 7) is 0.652. The van der Waals surface area contributed by atoms with Crippen LogP contribution >= 0.6 is 50.2 Å². The van der Waals surface area contributed by atoms with Gasteiger partial charge in [-0.2, -0.15) is 0 Å². The number of carbonyl (C=O) groups excluding carboxylic acids is 1. The number of hydrogen-bond acceptors (Lipinski definition) is 4. The van der Waals surface area contributed by atoms with Crippen molar-refractivity contribution in [2.24, 2.45) is 0 Å². The Balaban J connectivity index is 1.72. The number of carbonyl (C=O) groups is 1. The molecule has 0 aromatic carbocycles. The largest absolute Gasteiger partial charge is 0.355 e. The van der Waals surface area contributed by atoms with E-state index in [0.29, 0.717) is 18.8 Å². The summed E-state index contributed by atoms with van der Waals surface area (Å²) in [5, 5.41) is 5.60. The van der Waals surface area contributed by atoms with Crippen molar-refractivity contribution in [3.05, 3.63) is 36.9 Å². The van der Waals surface area contributed by atoms with Crippen LogP contribution < -0.4 is 5.32 Å². The molecule has 0 radical (unpaired) electrons. The Morgan fingerprint density at radius 1 is 1.47 bits per heavy atom. The molecule has 2 heterocycles. The van der Waals surface area contributed by atoms with Crippen LogP contribution in [0.5, 0.6) is 0 Å². The zero-order chi connectivity index (χ0) is 13.7. The van der Waals surface area contributed by atoms with E-state index in [0.717, 1.165) is 20.9 Å². The predicted octanol–water partition coefficient (Wildman–Crippen LogP) is 3.61. The Hall–Kier alpha value is -0.430. The first-order valence-corrected chi connectivity index (χ1v) is 8.70. The number of hydrogen-bond donors (Lipinski definition) is 1. The van der Waals surface area contributed by atoms with Gasteiger partial charge in [-0.1, -0.05) is 0 Å². The first-order chi connectivity index (χ1) is 9.17. The van der Waals surface area contributed by atoms with Crippen LogP contribution in [-0.4, -0.2) is 17.4 Å². The second-order valence-corrected chi connectivity index (χ2v) is 7.61. The molecule has 0 aliphatic carbocycles. The van der Waals surface area contributed by atoms with E-state index in [4.69, 9.17) is 11.6 Å². The number of aromatic nitrogens is 1. The minimum Gasteiger partial charge on any atom is -0.355 e. The van der Waals surface area contributed by atoms with Gasteiger partial charge in [0.1, 0.15) is 5.01 Å². The quantitative estimate of drug-likeness (QED) is 0.779. The molecule has 0 aliphatic heterocycles. The van der Waals surface area contributed by atoms with E-state index in [1.54, 1.807) is 11.3 Å². The molecular formula is C12H12BrClN2OS2. The van der Waals surface area contributed by atoms with Crippen molar-refractivity contribution in [1.82, 2.24) is 10.3 Å². The third kappa shape index (κ3) is 4.87. The second kappa shape index (κ2) is 7.38. The van der Waals surface area contributed by atoms with Crippen molar-refractivity contribution < 1.29 is 4.79 Å². The van der Waals surface area contributed by atoms with E-state index in [2.05, 4.69) is 32.3 Å². The SMILES string of the molecule is O=C(Cc1nc(CCl)cs1)NCCc1ccc(Br)s1. The predicted molar refractivity (Wildman–Crippen MR) is 84.1 cm³/mol. The van der Waals surface area contributed by atoms with E-state index in [9.17, 15) is 4.79 Å². The first kappa shape index (κ1) is 15.0. The summed E-state index contributed by atoms with van der Waals surface area (Å²) in [7, 11) is 0. The second-order valence-electron chi connectivity index (χ2n) is 3.85. The summed E-state index contributed by atoms with van der Waals surface area (Å²) in [5.41, 5.74) is 0.831.